The molecule has 0 aliphatic rings. The fourth-order valence-electron chi connectivity index (χ4n) is 1.74. The fourth-order valence-corrected chi connectivity index (χ4v) is 2.26. The van der Waals surface area contributed by atoms with Crippen LogP contribution < -0.4 is 5.32 Å². The first-order valence-electron chi connectivity index (χ1n) is 6.44. The molecule has 0 saturated carbocycles. The maximum Gasteiger partial charge on any atom is 0.317 e. The summed E-state index contributed by atoms with van der Waals surface area (Å²) in [6.45, 7) is 3.83. The van der Waals surface area contributed by atoms with E-state index in [1.165, 1.54) is 0 Å². The lowest BCUT2D eigenvalue weighted by molar-refractivity contribution is -0.139. The van der Waals surface area contributed by atoms with Gasteiger partial charge in [-0.2, -0.15) is 0 Å². The molecule has 0 fully saturated rings. The third kappa shape index (κ3) is 5.46. The van der Waals surface area contributed by atoms with Crippen LogP contribution in [0.5, 0.6) is 0 Å². The highest BCUT2D eigenvalue weighted by molar-refractivity contribution is 14.1. The standard InChI is InChI=1S/C14H19IN2O3/c1-3-10(2)17(9-14(19)20)8-13(18)16-12-7-5-4-6-11(12)15/h4-7,10H,3,8-9H2,1-2H3,(H,16,18)(H,19,20). The van der Waals surface area contributed by atoms with E-state index in [1.807, 2.05) is 38.1 Å². The molecule has 1 atom stereocenters. The Morgan fingerprint density at radius 3 is 2.55 bits per heavy atom. The van der Waals surface area contributed by atoms with Gasteiger partial charge in [0.2, 0.25) is 5.91 Å². The molecule has 110 valence electrons. The Kier molecular flexibility index (Phi) is 6.94. The van der Waals surface area contributed by atoms with Crippen LogP contribution in [-0.2, 0) is 9.59 Å². The number of carboxylic acids is 1. The van der Waals surface area contributed by atoms with Crippen LogP contribution in [0.25, 0.3) is 0 Å². The van der Waals surface area contributed by atoms with Crippen molar-refractivity contribution >= 4 is 40.2 Å². The summed E-state index contributed by atoms with van der Waals surface area (Å²) in [6.07, 6.45) is 0.795. The number of halogens is 1. The summed E-state index contributed by atoms with van der Waals surface area (Å²) in [5, 5.41) is 11.7. The second kappa shape index (κ2) is 8.21. The van der Waals surface area contributed by atoms with Gasteiger partial charge in [-0.15, -0.1) is 0 Å². The first kappa shape index (κ1) is 16.9. The number of carboxylic acid groups (broad SMARTS) is 1. The molecule has 0 bridgehead atoms. The van der Waals surface area contributed by atoms with Gasteiger partial charge in [-0.05, 0) is 48.1 Å². The van der Waals surface area contributed by atoms with Gasteiger partial charge in [0.05, 0.1) is 18.8 Å². The Hall–Kier alpha value is -1.15. The van der Waals surface area contributed by atoms with Gasteiger partial charge >= 0.3 is 5.97 Å². The molecule has 0 radical (unpaired) electrons. The maximum absolute atomic E-state index is 12.0. The van der Waals surface area contributed by atoms with Crippen LogP contribution in [0.2, 0.25) is 0 Å². The third-order valence-corrected chi connectivity index (χ3v) is 3.99. The number of hydrogen-bond donors (Lipinski definition) is 2. The molecule has 1 unspecified atom stereocenters. The molecule has 0 spiro atoms. The van der Waals surface area contributed by atoms with Gasteiger partial charge in [-0.3, -0.25) is 14.5 Å². The number of amides is 1. The number of anilines is 1. The zero-order valence-electron chi connectivity index (χ0n) is 11.6. The van der Waals surface area contributed by atoms with Crippen molar-refractivity contribution in [2.45, 2.75) is 26.3 Å². The van der Waals surface area contributed by atoms with E-state index in [-0.39, 0.29) is 25.0 Å². The summed E-state index contributed by atoms with van der Waals surface area (Å²) in [5.41, 5.74) is 0.748. The number of nitrogens with zero attached hydrogens (tertiary/aromatic N) is 1. The van der Waals surface area contributed by atoms with Crippen molar-refractivity contribution < 1.29 is 14.7 Å². The second-order valence-corrected chi connectivity index (χ2v) is 5.75. The molecular weight excluding hydrogens is 371 g/mol. The molecule has 1 amide bonds. The SMILES string of the molecule is CCC(C)N(CC(=O)O)CC(=O)Nc1ccccc1I. The summed E-state index contributed by atoms with van der Waals surface area (Å²) in [6, 6.07) is 7.52. The Morgan fingerprint density at radius 2 is 2.00 bits per heavy atom. The van der Waals surface area contributed by atoms with E-state index in [2.05, 4.69) is 27.9 Å². The van der Waals surface area contributed by atoms with Crippen molar-refractivity contribution in [3.63, 3.8) is 0 Å². The van der Waals surface area contributed by atoms with E-state index in [0.29, 0.717) is 0 Å². The lowest BCUT2D eigenvalue weighted by atomic mass is 10.2. The van der Waals surface area contributed by atoms with E-state index >= 15 is 0 Å². The van der Waals surface area contributed by atoms with Crippen LogP contribution in [0.1, 0.15) is 20.3 Å². The van der Waals surface area contributed by atoms with Gasteiger partial charge in [-0.25, -0.2) is 0 Å². The predicted molar refractivity (Wildman–Crippen MR) is 86.8 cm³/mol. The molecule has 0 aliphatic carbocycles. The summed E-state index contributed by atoms with van der Waals surface area (Å²) in [4.78, 5) is 24.5. The van der Waals surface area contributed by atoms with E-state index in [1.54, 1.807) is 4.90 Å². The third-order valence-electron chi connectivity index (χ3n) is 3.05. The number of nitrogens with one attached hydrogen (secondary N) is 1. The molecular formula is C14H19IN2O3. The van der Waals surface area contributed by atoms with Gasteiger partial charge in [0.15, 0.2) is 0 Å². The van der Waals surface area contributed by atoms with Crippen LogP contribution in [0.3, 0.4) is 0 Å². The number of rotatable bonds is 7. The molecule has 0 heterocycles. The zero-order chi connectivity index (χ0) is 15.1. The van der Waals surface area contributed by atoms with Gasteiger partial charge < -0.3 is 10.4 Å². The minimum absolute atomic E-state index is 0.0479. The molecule has 1 aromatic rings. The van der Waals surface area contributed by atoms with Crippen molar-refractivity contribution in [1.82, 2.24) is 4.90 Å². The minimum atomic E-state index is -0.924. The molecule has 0 saturated heterocycles. The number of benzene rings is 1. The van der Waals surface area contributed by atoms with Gasteiger partial charge in [0, 0.05) is 9.61 Å². The Morgan fingerprint density at radius 1 is 1.35 bits per heavy atom. The van der Waals surface area contributed by atoms with Crippen LogP contribution in [0.4, 0.5) is 5.69 Å². The molecule has 0 aliphatic heterocycles. The maximum atomic E-state index is 12.0. The topological polar surface area (TPSA) is 69.6 Å². The Balaban J connectivity index is 2.66. The smallest absolute Gasteiger partial charge is 0.317 e. The van der Waals surface area contributed by atoms with Crippen LogP contribution in [0, 0.1) is 3.57 Å². The number of carbonyl (C=O) groups is 2. The minimum Gasteiger partial charge on any atom is -0.480 e. The normalized spacial score (nSPS) is 12.2. The largest absolute Gasteiger partial charge is 0.480 e. The molecule has 1 aromatic carbocycles. The average molecular weight is 390 g/mol. The molecule has 0 aromatic heterocycles. The van der Waals surface area contributed by atoms with Crippen molar-refractivity contribution in [1.29, 1.82) is 0 Å². The fraction of sp³-hybridized carbons (Fsp3) is 0.429. The van der Waals surface area contributed by atoms with Gasteiger partial charge in [0.25, 0.3) is 0 Å². The predicted octanol–water partition coefficient (Wildman–Crippen LogP) is 2.41. The zero-order valence-corrected chi connectivity index (χ0v) is 13.8. The molecule has 20 heavy (non-hydrogen) atoms. The number of aliphatic carboxylic acids is 1. The molecule has 1 rings (SSSR count). The first-order chi connectivity index (χ1) is 9.43. The van der Waals surface area contributed by atoms with Crippen molar-refractivity contribution in [2.75, 3.05) is 18.4 Å². The highest BCUT2D eigenvalue weighted by Crippen LogP contribution is 2.17. The lowest BCUT2D eigenvalue weighted by Gasteiger charge is -2.25. The van der Waals surface area contributed by atoms with Crippen LogP contribution in [-0.4, -0.2) is 41.0 Å². The van der Waals surface area contributed by atoms with E-state index < -0.39 is 5.97 Å². The Labute approximate surface area is 132 Å². The van der Waals surface area contributed by atoms with Crippen molar-refractivity contribution in [2.24, 2.45) is 0 Å². The highest BCUT2D eigenvalue weighted by Gasteiger charge is 2.19. The van der Waals surface area contributed by atoms with Crippen molar-refractivity contribution in [3.8, 4) is 0 Å². The van der Waals surface area contributed by atoms with Gasteiger partial charge in [-0.1, -0.05) is 19.1 Å². The van der Waals surface area contributed by atoms with Gasteiger partial charge in [0.1, 0.15) is 0 Å². The molecule has 5 nitrogen and oxygen atoms in total. The average Bonchev–Trinajstić information content (AvgIpc) is 2.39. The Bertz CT molecular complexity index is 479. The summed E-state index contributed by atoms with van der Waals surface area (Å²) in [5.74, 6) is -1.12. The first-order valence-corrected chi connectivity index (χ1v) is 7.52. The number of para-hydroxylation sites is 1. The monoisotopic (exact) mass is 390 g/mol. The molecule has 2 N–H and O–H groups in total. The van der Waals surface area contributed by atoms with E-state index in [4.69, 9.17) is 5.11 Å². The molecule has 6 heteroatoms. The summed E-state index contributed by atoms with van der Waals surface area (Å²) < 4.78 is 0.951. The van der Waals surface area contributed by atoms with Crippen LogP contribution in [0.15, 0.2) is 24.3 Å². The van der Waals surface area contributed by atoms with Crippen molar-refractivity contribution in [3.05, 3.63) is 27.8 Å². The second-order valence-electron chi connectivity index (χ2n) is 4.58. The van der Waals surface area contributed by atoms with E-state index in [9.17, 15) is 9.59 Å². The number of carbonyl (C=O) groups excluding carboxylic acids is 1. The summed E-state index contributed by atoms with van der Waals surface area (Å²) in [7, 11) is 0. The highest BCUT2D eigenvalue weighted by atomic mass is 127. The lowest BCUT2D eigenvalue weighted by Crippen LogP contribution is -2.42. The quantitative estimate of drug-likeness (QED) is 0.702. The summed E-state index contributed by atoms with van der Waals surface area (Å²) >= 11 is 2.15. The number of hydrogen-bond acceptors (Lipinski definition) is 3. The van der Waals surface area contributed by atoms with Crippen LogP contribution >= 0.6 is 22.6 Å². The van der Waals surface area contributed by atoms with E-state index in [0.717, 1.165) is 15.7 Å².